The van der Waals surface area contributed by atoms with Crippen molar-refractivity contribution < 1.29 is 9.47 Å². The van der Waals surface area contributed by atoms with E-state index in [1.54, 1.807) is 0 Å². The van der Waals surface area contributed by atoms with Gasteiger partial charge in [0.05, 0.1) is 12.2 Å². The molecule has 2 N–H and O–H groups in total. The van der Waals surface area contributed by atoms with Crippen LogP contribution in [0.15, 0.2) is 18.2 Å². The van der Waals surface area contributed by atoms with E-state index in [0.29, 0.717) is 6.54 Å². The van der Waals surface area contributed by atoms with E-state index >= 15 is 0 Å². The van der Waals surface area contributed by atoms with Crippen molar-refractivity contribution in [2.45, 2.75) is 44.4 Å². The van der Waals surface area contributed by atoms with E-state index in [1.165, 1.54) is 11.3 Å². The number of thioether (sulfide) groups is 1. The first-order valence-corrected chi connectivity index (χ1v) is 8.54. The Bertz CT molecular complexity index is 472. The fourth-order valence-electron chi connectivity index (χ4n) is 3.11. The van der Waals surface area contributed by atoms with Crippen molar-refractivity contribution in [2.24, 2.45) is 5.73 Å². The molecular formula is C16H23NO2S. The van der Waals surface area contributed by atoms with Crippen LogP contribution in [-0.4, -0.2) is 29.8 Å². The molecule has 110 valence electrons. The molecule has 3 rings (SSSR count). The summed E-state index contributed by atoms with van der Waals surface area (Å²) in [6.07, 6.45) is 3.41. The van der Waals surface area contributed by atoms with Crippen molar-refractivity contribution in [1.82, 2.24) is 0 Å². The predicted octanol–water partition coefficient (Wildman–Crippen LogP) is 2.89. The highest BCUT2D eigenvalue weighted by atomic mass is 32.2. The Balaban J connectivity index is 1.71. The van der Waals surface area contributed by atoms with Gasteiger partial charge in [0.1, 0.15) is 11.9 Å². The van der Waals surface area contributed by atoms with Gasteiger partial charge >= 0.3 is 0 Å². The van der Waals surface area contributed by atoms with Crippen LogP contribution in [0.5, 0.6) is 5.75 Å². The third-order valence-electron chi connectivity index (χ3n) is 4.24. The van der Waals surface area contributed by atoms with Gasteiger partial charge in [0.15, 0.2) is 0 Å². The third-order valence-corrected chi connectivity index (χ3v) is 5.47. The summed E-state index contributed by atoms with van der Waals surface area (Å²) in [5.41, 5.74) is 8.24. The molecule has 0 amide bonds. The average molecular weight is 293 g/mol. The monoisotopic (exact) mass is 293 g/mol. The van der Waals surface area contributed by atoms with Crippen molar-refractivity contribution in [2.75, 3.05) is 18.1 Å². The molecule has 2 aliphatic heterocycles. The highest BCUT2D eigenvalue weighted by Gasteiger charge is 2.41. The van der Waals surface area contributed by atoms with Crippen molar-refractivity contribution in [3.8, 4) is 5.75 Å². The van der Waals surface area contributed by atoms with E-state index < -0.39 is 0 Å². The summed E-state index contributed by atoms with van der Waals surface area (Å²) < 4.78 is 12.3. The van der Waals surface area contributed by atoms with E-state index in [0.717, 1.165) is 42.9 Å². The van der Waals surface area contributed by atoms with Gasteiger partial charge < -0.3 is 15.2 Å². The topological polar surface area (TPSA) is 44.5 Å². The molecule has 0 saturated carbocycles. The maximum Gasteiger partial charge on any atom is 0.124 e. The summed E-state index contributed by atoms with van der Waals surface area (Å²) in [5.74, 6) is 3.28. The number of hydrogen-bond donors (Lipinski definition) is 1. The van der Waals surface area contributed by atoms with Crippen LogP contribution in [0, 0.1) is 6.92 Å². The molecule has 2 fully saturated rings. The minimum Gasteiger partial charge on any atom is -0.490 e. The molecule has 2 aliphatic rings. The summed E-state index contributed by atoms with van der Waals surface area (Å²) in [6.45, 7) is 3.43. The van der Waals surface area contributed by atoms with Gasteiger partial charge in [-0.25, -0.2) is 0 Å². The first-order chi connectivity index (χ1) is 9.71. The minimum atomic E-state index is 0.0706. The number of aryl methyl sites for hydroxylation is 1. The van der Waals surface area contributed by atoms with Gasteiger partial charge in [0.2, 0.25) is 0 Å². The predicted molar refractivity (Wildman–Crippen MR) is 83.3 cm³/mol. The van der Waals surface area contributed by atoms with Gasteiger partial charge in [0.25, 0.3) is 0 Å². The zero-order valence-electron chi connectivity index (χ0n) is 12.1. The molecule has 2 heterocycles. The molecule has 1 aromatic carbocycles. The summed E-state index contributed by atoms with van der Waals surface area (Å²) in [6, 6.07) is 6.27. The first kappa shape index (κ1) is 14.2. The quantitative estimate of drug-likeness (QED) is 0.930. The summed E-state index contributed by atoms with van der Waals surface area (Å²) in [4.78, 5) is 0. The van der Waals surface area contributed by atoms with Crippen LogP contribution in [0.4, 0.5) is 0 Å². The van der Waals surface area contributed by atoms with Gasteiger partial charge in [-0.05, 0) is 25.2 Å². The molecule has 2 saturated heterocycles. The maximum atomic E-state index is 6.25. The van der Waals surface area contributed by atoms with E-state index in [9.17, 15) is 0 Å². The van der Waals surface area contributed by atoms with Crippen LogP contribution in [-0.2, 0) is 11.3 Å². The highest BCUT2D eigenvalue weighted by Crippen LogP contribution is 2.39. The number of rotatable bonds is 3. The molecule has 0 aromatic heterocycles. The normalized spacial score (nSPS) is 29.8. The van der Waals surface area contributed by atoms with Crippen LogP contribution in [0.3, 0.4) is 0 Å². The zero-order valence-corrected chi connectivity index (χ0v) is 12.9. The van der Waals surface area contributed by atoms with Gasteiger partial charge in [-0.15, -0.1) is 0 Å². The fraction of sp³-hybridized carbons (Fsp3) is 0.625. The van der Waals surface area contributed by atoms with Crippen LogP contribution in [0.2, 0.25) is 0 Å². The van der Waals surface area contributed by atoms with Crippen molar-refractivity contribution >= 4 is 11.8 Å². The number of hydrogen-bond acceptors (Lipinski definition) is 4. The Morgan fingerprint density at radius 1 is 1.50 bits per heavy atom. The van der Waals surface area contributed by atoms with E-state index in [1.807, 2.05) is 11.8 Å². The second-order valence-electron chi connectivity index (χ2n) is 5.88. The lowest BCUT2D eigenvalue weighted by atomic mass is 9.91. The second kappa shape index (κ2) is 5.96. The molecular weight excluding hydrogens is 270 g/mol. The summed E-state index contributed by atoms with van der Waals surface area (Å²) in [7, 11) is 0. The third kappa shape index (κ3) is 2.97. The Morgan fingerprint density at radius 3 is 3.15 bits per heavy atom. The van der Waals surface area contributed by atoms with Crippen LogP contribution in [0.1, 0.15) is 30.4 Å². The standard InChI is InChI=1S/C16H23NO2S/c1-12-2-3-15(13(8-12)10-17)19-14-4-6-18-16(9-14)5-7-20-11-16/h2-3,8,14H,4-7,9-11,17H2,1H3. The maximum absolute atomic E-state index is 6.25. The molecule has 3 nitrogen and oxygen atoms in total. The number of nitrogens with two attached hydrogens (primary N) is 1. The molecule has 0 bridgehead atoms. The molecule has 2 unspecified atom stereocenters. The van der Waals surface area contributed by atoms with E-state index in [-0.39, 0.29) is 11.7 Å². The van der Waals surface area contributed by atoms with Crippen molar-refractivity contribution in [3.63, 3.8) is 0 Å². The second-order valence-corrected chi connectivity index (χ2v) is 6.99. The van der Waals surface area contributed by atoms with Gasteiger partial charge in [0, 0.05) is 30.7 Å². The van der Waals surface area contributed by atoms with Gasteiger partial charge in [-0.2, -0.15) is 11.8 Å². The zero-order chi connectivity index (χ0) is 14.0. The molecule has 20 heavy (non-hydrogen) atoms. The summed E-state index contributed by atoms with van der Waals surface area (Å²) in [5, 5.41) is 0. The number of ether oxygens (including phenoxy) is 2. The van der Waals surface area contributed by atoms with Gasteiger partial charge in [-0.3, -0.25) is 0 Å². The van der Waals surface area contributed by atoms with Crippen molar-refractivity contribution in [1.29, 1.82) is 0 Å². The van der Waals surface area contributed by atoms with Crippen molar-refractivity contribution in [3.05, 3.63) is 29.3 Å². The van der Waals surface area contributed by atoms with E-state index in [4.69, 9.17) is 15.2 Å². The minimum absolute atomic E-state index is 0.0706. The van der Waals surface area contributed by atoms with E-state index in [2.05, 4.69) is 25.1 Å². The lowest BCUT2D eigenvalue weighted by Crippen LogP contribution is -2.43. The largest absolute Gasteiger partial charge is 0.490 e. The Morgan fingerprint density at radius 2 is 2.40 bits per heavy atom. The van der Waals surface area contributed by atoms with Crippen LogP contribution < -0.4 is 10.5 Å². The lowest BCUT2D eigenvalue weighted by molar-refractivity contribution is -0.0960. The lowest BCUT2D eigenvalue weighted by Gasteiger charge is -2.37. The molecule has 0 aliphatic carbocycles. The molecule has 2 atom stereocenters. The fourth-order valence-corrected chi connectivity index (χ4v) is 4.49. The van der Waals surface area contributed by atoms with Crippen LogP contribution >= 0.6 is 11.8 Å². The highest BCUT2D eigenvalue weighted by molar-refractivity contribution is 7.99. The Kier molecular flexibility index (Phi) is 4.24. The molecule has 1 spiro atoms. The smallest absolute Gasteiger partial charge is 0.124 e. The average Bonchev–Trinajstić information content (AvgIpc) is 2.89. The Hall–Kier alpha value is -0.710. The number of benzene rings is 1. The molecule has 0 radical (unpaired) electrons. The van der Waals surface area contributed by atoms with Gasteiger partial charge in [-0.1, -0.05) is 17.7 Å². The first-order valence-electron chi connectivity index (χ1n) is 7.39. The summed E-state index contributed by atoms with van der Waals surface area (Å²) >= 11 is 2.00. The SMILES string of the molecule is Cc1ccc(OC2CCOC3(CCSC3)C2)c(CN)c1. The van der Waals surface area contributed by atoms with Crippen LogP contribution in [0.25, 0.3) is 0 Å². The Labute approximate surface area is 125 Å². The molecule has 1 aromatic rings. The molecule has 4 heteroatoms.